The van der Waals surface area contributed by atoms with Crippen LogP contribution in [0.1, 0.15) is 21.5 Å². The van der Waals surface area contributed by atoms with Crippen molar-refractivity contribution >= 4 is 28.2 Å². The van der Waals surface area contributed by atoms with E-state index < -0.39 is 11.4 Å². The zero-order valence-electron chi connectivity index (χ0n) is 15.9. The van der Waals surface area contributed by atoms with Gasteiger partial charge in [-0.15, -0.1) is 0 Å². The molecule has 6 heteroatoms. The third kappa shape index (κ3) is 3.99. The Morgan fingerprint density at radius 1 is 1.14 bits per heavy atom. The zero-order valence-corrected chi connectivity index (χ0v) is 16.7. The summed E-state index contributed by atoms with van der Waals surface area (Å²) in [6.45, 7) is 1.40. The van der Waals surface area contributed by atoms with Crippen molar-refractivity contribution in [2.24, 2.45) is 0 Å². The third-order valence-electron chi connectivity index (χ3n) is 4.90. The van der Waals surface area contributed by atoms with E-state index in [1.807, 2.05) is 42.8 Å². The Labute approximate surface area is 171 Å². The molecule has 0 aliphatic heterocycles. The van der Waals surface area contributed by atoms with Gasteiger partial charge < -0.3 is 10.1 Å². The third-order valence-corrected chi connectivity index (χ3v) is 5.59. The normalized spacial score (nSPS) is 11.2. The SMILES string of the molecule is CN(Cc1ccccc1)Cc1cc2c(=O)c(C(=O)O)c[nH]c2cc1-c1ccsc1. The summed E-state index contributed by atoms with van der Waals surface area (Å²) >= 11 is 1.62. The van der Waals surface area contributed by atoms with Gasteiger partial charge in [-0.1, -0.05) is 30.3 Å². The minimum Gasteiger partial charge on any atom is -0.477 e. The predicted molar refractivity (Wildman–Crippen MR) is 116 cm³/mol. The fourth-order valence-electron chi connectivity index (χ4n) is 3.53. The van der Waals surface area contributed by atoms with E-state index in [-0.39, 0.29) is 5.56 Å². The monoisotopic (exact) mass is 404 g/mol. The van der Waals surface area contributed by atoms with E-state index in [2.05, 4.69) is 33.5 Å². The van der Waals surface area contributed by atoms with E-state index in [9.17, 15) is 14.7 Å². The predicted octanol–water partition coefficient (Wildman–Crippen LogP) is 4.59. The molecule has 2 aromatic heterocycles. The summed E-state index contributed by atoms with van der Waals surface area (Å²) in [6.07, 6.45) is 1.27. The van der Waals surface area contributed by atoms with E-state index in [1.54, 1.807) is 11.3 Å². The molecule has 2 heterocycles. The number of hydrogen-bond acceptors (Lipinski definition) is 4. The topological polar surface area (TPSA) is 73.4 Å². The molecule has 5 nitrogen and oxygen atoms in total. The van der Waals surface area contributed by atoms with Crippen molar-refractivity contribution in [2.75, 3.05) is 7.05 Å². The number of nitrogens with zero attached hydrogens (tertiary/aromatic N) is 1. The molecule has 0 radical (unpaired) electrons. The summed E-state index contributed by atoms with van der Waals surface area (Å²) in [6, 6.07) is 16.0. The molecule has 0 saturated carbocycles. The van der Waals surface area contributed by atoms with Gasteiger partial charge in [0.1, 0.15) is 5.56 Å². The molecule has 0 spiro atoms. The molecular weight excluding hydrogens is 384 g/mol. The highest BCUT2D eigenvalue weighted by Crippen LogP contribution is 2.30. The summed E-state index contributed by atoms with van der Waals surface area (Å²) in [5.74, 6) is -1.22. The van der Waals surface area contributed by atoms with Gasteiger partial charge in [0.2, 0.25) is 5.43 Å². The van der Waals surface area contributed by atoms with Crippen LogP contribution in [0.5, 0.6) is 0 Å². The van der Waals surface area contributed by atoms with Crippen molar-refractivity contribution in [2.45, 2.75) is 13.1 Å². The second kappa shape index (κ2) is 8.03. The number of aromatic carboxylic acids is 1. The molecule has 0 aliphatic carbocycles. The average Bonchev–Trinajstić information content (AvgIpc) is 3.23. The van der Waals surface area contributed by atoms with Gasteiger partial charge in [0.05, 0.1) is 0 Å². The molecule has 0 saturated heterocycles. The van der Waals surface area contributed by atoms with E-state index >= 15 is 0 Å². The van der Waals surface area contributed by atoms with Crippen LogP contribution in [0.3, 0.4) is 0 Å². The van der Waals surface area contributed by atoms with Crippen molar-refractivity contribution in [3.05, 3.63) is 92.4 Å². The van der Waals surface area contributed by atoms with Crippen molar-refractivity contribution < 1.29 is 9.90 Å². The van der Waals surface area contributed by atoms with Gasteiger partial charge in [-0.2, -0.15) is 11.3 Å². The maximum Gasteiger partial charge on any atom is 0.341 e. The minimum absolute atomic E-state index is 0.246. The highest BCUT2D eigenvalue weighted by atomic mass is 32.1. The Morgan fingerprint density at radius 2 is 1.93 bits per heavy atom. The number of carboxylic acids is 1. The molecular formula is C23H20N2O3S. The fraction of sp³-hybridized carbons (Fsp3) is 0.130. The highest BCUT2D eigenvalue weighted by Gasteiger charge is 2.16. The molecule has 0 amide bonds. The maximum absolute atomic E-state index is 12.7. The van der Waals surface area contributed by atoms with Crippen LogP contribution in [-0.4, -0.2) is 28.0 Å². The zero-order chi connectivity index (χ0) is 20.4. The minimum atomic E-state index is -1.22. The number of pyridine rings is 1. The summed E-state index contributed by atoms with van der Waals surface area (Å²) in [4.78, 5) is 29.2. The molecule has 4 rings (SSSR count). The Bertz CT molecular complexity index is 1210. The van der Waals surface area contributed by atoms with Crippen LogP contribution in [-0.2, 0) is 13.1 Å². The number of aromatic nitrogens is 1. The molecule has 2 aromatic carbocycles. The molecule has 0 aliphatic rings. The fourth-order valence-corrected chi connectivity index (χ4v) is 4.19. The quantitative estimate of drug-likeness (QED) is 0.493. The lowest BCUT2D eigenvalue weighted by Crippen LogP contribution is -2.19. The molecule has 0 bridgehead atoms. The summed E-state index contributed by atoms with van der Waals surface area (Å²) < 4.78 is 0. The smallest absolute Gasteiger partial charge is 0.341 e. The lowest BCUT2D eigenvalue weighted by atomic mass is 9.98. The van der Waals surface area contributed by atoms with Crippen LogP contribution in [0.25, 0.3) is 22.0 Å². The second-order valence-corrected chi connectivity index (χ2v) is 7.84. The first-order valence-corrected chi connectivity index (χ1v) is 10.1. The van der Waals surface area contributed by atoms with Crippen LogP contribution < -0.4 is 5.43 Å². The number of hydrogen-bond donors (Lipinski definition) is 2. The average molecular weight is 404 g/mol. The van der Waals surface area contributed by atoms with Gasteiger partial charge in [-0.05, 0) is 58.3 Å². The Kier molecular flexibility index (Phi) is 5.29. The van der Waals surface area contributed by atoms with Gasteiger partial charge in [0.15, 0.2) is 0 Å². The number of aromatic amines is 1. The number of carboxylic acid groups (broad SMARTS) is 1. The summed E-state index contributed by atoms with van der Waals surface area (Å²) in [5, 5.41) is 13.8. The molecule has 2 N–H and O–H groups in total. The van der Waals surface area contributed by atoms with Crippen molar-refractivity contribution in [1.82, 2.24) is 9.88 Å². The highest BCUT2D eigenvalue weighted by molar-refractivity contribution is 7.08. The van der Waals surface area contributed by atoms with Crippen LogP contribution >= 0.6 is 11.3 Å². The lowest BCUT2D eigenvalue weighted by Gasteiger charge is -2.19. The lowest BCUT2D eigenvalue weighted by molar-refractivity contribution is 0.0695. The summed E-state index contributed by atoms with van der Waals surface area (Å²) in [7, 11) is 2.03. The maximum atomic E-state index is 12.7. The molecule has 0 unspecified atom stereocenters. The molecule has 146 valence electrons. The Hall–Kier alpha value is -3.22. The van der Waals surface area contributed by atoms with Gasteiger partial charge in [0, 0.05) is 30.2 Å². The Morgan fingerprint density at radius 3 is 2.62 bits per heavy atom. The number of nitrogens with one attached hydrogen (secondary N) is 1. The van der Waals surface area contributed by atoms with Gasteiger partial charge in [-0.3, -0.25) is 9.69 Å². The number of carbonyl (C=O) groups is 1. The van der Waals surface area contributed by atoms with Crippen LogP contribution in [0.4, 0.5) is 0 Å². The van der Waals surface area contributed by atoms with Crippen LogP contribution in [0.2, 0.25) is 0 Å². The van der Waals surface area contributed by atoms with E-state index in [1.165, 1.54) is 11.8 Å². The molecule has 0 fully saturated rings. The summed E-state index contributed by atoms with van der Waals surface area (Å²) in [5.41, 5.74) is 4.25. The molecule has 29 heavy (non-hydrogen) atoms. The first-order valence-electron chi connectivity index (χ1n) is 9.19. The van der Waals surface area contributed by atoms with E-state index in [4.69, 9.17) is 0 Å². The van der Waals surface area contributed by atoms with E-state index in [0.29, 0.717) is 17.4 Å². The van der Waals surface area contributed by atoms with Gasteiger partial charge in [-0.25, -0.2) is 4.79 Å². The first kappa shape index (κ1) is 19.1. The number of fused-ring (bicyclic) bond motifs is 1. The number of thiophene rings is 1. The van der Waals surface area contributed by atoms with Gasteiger partial charge in [0.25, 0.3) is 0 Å². The number of benzene rings is 2. The number of rotatable bonds is 6. The largest absolute Gasteiger partial charge is 0.477 e. The molecule has 0 atom stereocenters. The van der Waals surface area contributed by atoms with Crippen molar-refractivity contribution in [3.63, 3.8) is 0 Å². The van der Waals surface area contributed by atoms with Gasteiger partial charge >= 0.3 is 5.97 Å². The molecule has 4 aromatic rings. The van der Waals surface area contributed by atoms with Crippen molar-refractivity contribution in [3.8, 4) is 11.1 Å². The Balaban J connectivity index is 1.79. The van der Waals surface area contributed by atoms with Crippen LogP contribution in [0, 0.1) is 0 Å². The first-order chi connectivity index (χ1) is 14.0. The van der Waals surface area contributed by atoms with E-state index in [0.717, 1.165) is 23.2 Å². The van der Waals surface area contributed by atoms with Crippen molar-refractivity contribution in [1.29, 1.82) is 0 Å². The number of H-pyrrole nitrogens is 1. The second-order valence-electron chi connectivity index (χ2n) is 7.06. The standard InChI is InChI=1S/C23H20N2O3S/c1-25(12-15-5-3-2-4-6-15)13-17-9-19-21(10-18(17)16-7-8-29-14-16)24-11-20(22(19)26)23(27)28/h2-11,14H,12-13H2,1H3,(H,24,26)(H,27,28). The van der Waals surface area contributed by atoms with Crippen LogP contribution in [0.15, 0.2) is 70.3 Å².